The topological polar surface area (TPSA) is 143 Å². The number of carbonyl (C=O) groups excluding carboxylic acids is 1. The molecule has 1 aliphatic rings. The standard InChI is InChI=1S/C29H49N5O5/c1-21(2)16-14-12-10-8-7-9-11-13-15-17-22(36)33-24-23-25(31-19-30-24)34(20-32-23)29(6)28(5,38)27(4,37)26(3,18-35)39-29/h19-21,35,37-38H,7-18H2,1-6H3,(H,30,31,33,36)/t26-,27+,28+,29-/m1/s1. The van der Waals surface area contributed by atoms with Crippen LogP contribution in [0.4, 0.5) is 5.82 Å². The van der Waals surface area contributed by atoms with Crippen LogP contribution in [0, 0.1) is 5.92 Å². The van der Waals surface area contributed by atoms with E-state index in [0.717, 1.165) is 25.2 Å². The maximum absolute atomic E-state index is 12.6. The Balaban J connectivity index is 1.54. The number of amides is 1. The third-order valence-electron chi connectivity index (χ3n) is 8.84. The number of carbonyl (C=O) groups is 1. The molecule has 10 nitrogen and oxygen atoms in total. The fourth-order valence-corrected chi connectivity index (χ4v) is 5.58. The van der Waals surface area contributed by atoms with E-state index in [4.69, 9.17) is 4.74 Å². The van der Waals surface area contributed by atoms with E-state index in [2.05, 4.69) is 34.1 Å². The zero-order chi connectivity index (χ0) is 28.9. The number of aliphatic hydroxyl groups is 3. The molecule has 0 bridgehead atoms. The largest absolute Gasteiger partial charge is 0.393 e. The number of aliphatic hydroxyl groups excluding tert-OH is 1. The maximum Gasteiger partial charge on any atom is 0.225 e. The lowest BCUT2D eigenvalue weighted by Gasteiger charge is -2.42. The lowest BCUT2D eigenvalue weighted by molar-refractivity contribution is -0.192. The average molecular weight is 548 g/mol. The summed E-state index contributed by atoms with van der Waals surface area (Å²) in [7, 11) is 0. The van der Waals surface area contributed by atoms with E-state index in [1.807, 2.05) is 0 Å². The molecule has 0 unspecified atom stereocenters. The first-order valence-corrected chi connectivity index (χ1v) is 14.5. The van der Waals surface area contributed by atoms with Gasteiger partial charge in [0, 0.05) is 6.42 Å². The molecule has 2 aromatic rings. The molecule has 0 aliphatic carbocycles. The summed E-state index contributed by atoms with van der Waals surface area (Å²) in [6.45, 7) is 10.1. The summed E-state index contributed by atoms with van der Waals surface area (Å²) < 4.78 is 7.65. The summed E-state index contributed by atoms with van der Waals surface area (Å²) in [6.07, 6.45) is 15.2. The van der Waals surface area contributed by atoms with Crippen molar-refractivity contribution in [1.29, 1.82) is 0 Å². The molecule has 3 rings (SSSR count). The number of nitrogens with zero attached hydrogens (tertiary/aromatic N) is 4. The van der Waals surface area contributed by atoms with Crippen LogP contribution in [0.2, 0.25) is 0 Å². The molecule has 1 fully saturated rings. The summed E-state index contributed by atoms with van der Waals surface area (Å²) in [6, 6.07) is 0. The molecule has 1 aliphatic heterocycles. The molecule has 220 valence electrons. The van der Waals surface area contributed by atoms with E-state index in [1.165, 1.54) is 76.0 Å². The summed E-state index contributed by atoms with van der Waals surface area (Å²) in [4.78, 5) is 25.6. The van der Waals surface area contributed by atoms with Crippen LogP contribution in [0.25, 0.3) is 11.2 Å². The summed E-state index contributed by atoms with van der Waals surface area (Å²) >= 11 is 0. The minimum Gasteiger partial charge on any atom is -0.393 e. The Morgan fingerprint density at radius 1 is 0.923 bits per heavy atom. The van der Waals surface area contributed by atoms with Gasteiger partial charge in [0.15, 0.2) is 22.7 Å². The van der Waals surface area contributed by atoms with E-state index < -0.39 is 29.1 Å². The van der Waals surface area contributed by atoms with Crippen LogP contribution in [-0.4, -0.2) is 64.2 Å². The minimum atomic E-state index is -1.83. The molecule has 4 atom stereocenters. The van der Waals surface area contributed by atoms with Crippen molar-refractivity contribution in [3.8, 4) is 0 Å². The highest BCUT2D eigenvalue weighted by Gasteiger charge is 2.72. The number of aromatic nitrogens is 4. The quantitative estimate of drug-likeness (QED) is 0.236. The SMILES string of the molecule is CC(C)CCCCCCCCCCCC(=O)Nc1ncnc2c1ncn2[C@]1(C)O[C@](C)(CO)[C@](C)(O)[C@]1(C)O. The van der Waals surface area contributed by atoms with E-state index in [1.54, 1.807) is 13.8 Å². The van der Waals surface area contributed by atoms with Crippen LogP contribution >= 0.6 is 0 Å². The molecular weight excluding hydrogens is 498 g/mol. The van der Waals surface area contributed by atoms with Gasteiger partial charge < -0.3 is 25.4 Å². The highest BCUT2D eigenvalue weighted by atomic mass is 16.6. The van der Waals surface area contributed by atoms with Crippen LogP contribution in [0.5, 0.6) is 0 Å². The summed E-state index contributed by atoms with van der Waals surface area (Å²) in [5.74, 6) is 0.940. The summed E-state index contributed by atoms with van der Waals surface area (Å²) in [5, 5.41) is 35.4. The first kappa shape index (κ1) is 31.4. The van der Waals surface area contributed by atoms with Gasteiger partial charge in [-0.2, -0.15) is 0 Å². The number of hydrogen-bond acceptors (Lipinski definition) is 8. The number of imidazole rings is 1. The van der Waals surface area contributed by atoms with Crippen LogP contribution in [0.15, 0.2) is 12.7 Å². The third kappa shape index (κ3) is 6.29. The van der Waals surface area contributed by atoms with Gasteiger partial charge in [-0.15, -0.1) is 0 Å². The molecule has 4 N–H and O–H groups in total. The lowest BCUT2D eigenvalue weighted by atomic mass is 9.73. The van der Waals surface area contributed by atoms with E-state index in [9.17, 15) is 20.1 Å². The van der Waals surface area contributed by atoms with Gasteiger partial charge in [0.05, 0.1) is 12.9 Å². The van der Waals surface area contributed by atoms with E-state index >= 15 is 0 Å². The smallest absolute Gasteiger partial charge is 0.225 e. The zero-order valence-corrected chi connectivity index (χ0v) is 24.7. The van der Waals surface area contributed by atoms with Crippen molar-refractivity contribution in [1.82, 2.24) is 19.5 Å². The highest BCUT2D eigenvalue weighted by molar-refractivity contribution is 5.96. The molecule has 39 heavy (non-hydrogen) atoms. The van der Waals surface area contributed by atoms with Crippen LogP contribution in [0.3, 0.4) is 0 Å². The number of rotatable bonds is 15. The molecule has 0 saturated carbocycles. The predicted octanol–water partition coefficient (Wildman–Crippen LogP) is 4.67. The predicted molar refractivity (Wildman–Crippen MR) is 151 cm³/mol. The molecule has 1 amide bonds. The van der Waals surface area contributed by atoms with Gasteiger partial charge in [-0.3, -0.25) is 9.36 Å². The monoisotopic (exact) mass is 547 g/mol. The molecule has 1 saturated heterocycles. The van der Waals surface area contributed by atoms with Crippen LogP contribution in [0.1, 0.15) is 112 Å². The van der Waals surface area contributed by atoms with Gasteiger partial charge in [-0.05, 0) is 40.0 Å². The number of unbranched alkanes of at least 4 members (excludes halogenated alkanes) is 8. The Kier molecular flexibility index (Phi) is 10.1. The first-order chi connectivity index (χ1) is 18.3. The van der Waals surface area contributed by atoms with Gasteiger partial charge in [0.1, 0.15) is 23.1 Å². The Morgan fingerprint density at radius 3 is 2.08 bits per heavy atom. The Morgan fingerprint density at radius 2 is 1.51 bits per heavy atom. The third-order valence-corrected chi connectivity index (χ3v) is 8.84. The number of anilines is 1. The van der Waals surface area contributed by atoms with Crippen molar-refractivity contribution < 1.29 is 24.9 Å². The summed E-state index contributed by atoms with van der Waals surface area (Å²) in [5.41, 5.74) is -5.92. The second-order valence-electron chi connectivity index (χ2n) is 12.3. The fourth-order valence-electron chi connectivity index (χ4n) is 5.58. The van der Waals surface area contributed by atoms with Crippen molar-refractivity contribution in [3.63, 3.8) is 0 Å². The van der Waals surface area contributed by atoms with Gasteiger partial charge in [-0.25, -0.2) is 15.0 Å². The second-order valence-corrected chi connectivity index (χ2v) is 12.3. The molecular formula is C29H49N5O5. The van der Waals surface area contributed by atoms with E-state index in [-0.39, 0.29) is 11.7 Å². The Bertz CT molecular complexity index is 1100. The van der Waals surface area contributed by atoms with Crippen LogP contribution in [-0.2, 0) is 15.3 Å². The molecule has 3 heterocycles. The number of nitrogens with one attached hydrogen (secondary N) is 1. The molecule has 10 heteroatoms. The van der Waals surface area contributed by atoms with Gasteiger partial charge >= 0.3 is 0 Å². The van der Waals surface area contributed by atoms with Crippen LogP contribution < -0.4 is 5.32 Å². The first-order valence-electron chi connectivity index (χ1n) is 14.5. The van der Waals surface area contributed by atoms with Crippen molar-refractivity contribution in [2.75, 3.05) is 11.9 Å². The molecule has 2 aromatic heterocycles. The normalized spacial score (nSPS) is 29.0. The Hall–Kier alpha value is -2.14. The second kappa shape index (κ2) is 12.6. The molecule has 0 aromatic carbocycles. The maximum atomic E-state index is 12.6. The van der Waals surface area contributed by atoms with E-state index in [0.29, 0.717) is 17.6 Å². The number of ether oxygens (including phenoxy) is 1. The van der Waals surface area contributed by atoms with Crippen molar-refractivity contribution in [2.24, 2.45) is 5.92 Å². The van der Waals surface area contributed by atoms with Crippen molar-refractivity contribution >= 4 is 22.9 Å². The molecule has 0 radical (unpaired) electrons. The fraction of sp³-hybridized carbons (Fsp3) is 0.793. The zero-order valence-electron chi connectivity index (χ0n) is 24.7. The van der Waals surface area contributed by atoms with Crippen molar-refractivity contribution in [3.05, 3.63) is 12.7 Å². The minimum absolute atomic E-state index is 0.138. The van der Waals surface area contributed by atoms with Crippen molar-refractivity contribution in [2.45, 2.75) is 135 Å². The molecule has 0 spiro atoms. The van der Waals surface area contributed by atoms with Gasteiger partial charge in [0.2, 0.25) is 5.91 Å². The average Bonchev–Trinajstić information content (AvgIpc) is 3.36. The number of fused-ring (bicyclic) bond motifs is 1. The highest BCUT2D eigenvalue weighted by Crippen LogP contribution is 2.54. The van der Waals surface area contributed by atoms with Gasteiger partial charge in [-0.1, -0.05) is 71.6 Å². The Labute approximate surface area is 232 Å². The van der Waals surface area contributed by atoms with Gasteiger partial charge in [0.25, 0.3) is 0 Å². The number of hydrogen-bond donors (Lipinski definition) is 4. The lowest BCUT2D eigenvalue weighted by Crippen LogP contribution is -2.63.